The molecule has 0 aromatic rings. The second kappa shape index (κ2) is 6.63. The van der Waals surface area contributed by atoms with E-state index in [1.54, 1.807) is 0 Å². The Morgan fingerprint density at radius 2 is 1.89 bits per heavy atom. The lowest BCUT2D eigenvalue weighted by Crippen LogP contribution is -2.53. The van der Waals surface area contributed by atoms with Crippen molar-refractivity contribution in [1.82, 2.24) is 0 Å². The van der Waals surface area contributed by atoms with Crippen molar-refractivity contribution in [3.05, 3.63) is 12.2 Å². The number of carboxylic acids is 1. The van der Waals surface area contributed by atoms with E-state index in [1.807, 2.05) is 0 Å². The minimum atomic E-state index is -1.11. The highest BCUT2D eigenvalue weighted by atomic mass is 16.5. The monoisotopic (exact) mass is 374 g/mol. The number of esters is 1. The first kappa shape index (κ1) is 19.0. The van der Waals surface area contributed by atoms with Gasteiger partial charge in [0.1, 0.15) is 12.5 Å². The van der Waals surface area contributed by atoms with Crippen LogP contribution in [-0.4, -0.2) is 23.1 Å². The van der Waals surface area contributed by atoms with Crippen LogP contribution in [0.15, 0.2) is 12.2 Å². The zero-order chi connectivity index (χ0) is 19.4. The van der Waals surface area contributed by atoms with E-state index in [0.29, 0.717) is 16.7 Å². The standard InChI is InChI=1S/C23H34O4/c1-14-4-7-18-17-6-5-15-12-16(27-21(26)13-20(24)25)8-10-23(15,3)19(17)9-11-22(14,18)2/h15-19H,1,4-13H2,2-3H3,(H,24,25)/t15-,16-,17+,18+,19?,22-,23+/m1/s1. The second-order valence-corrected chi connectivity index (χ2v) is 10.2. The van der Waals surface area contributed by atoms with Gasteiger partial charge in [-0.2, -0.15) is 0 Å². The smallest absolute Gasteiger partial charge is 0.317 e. The molecule has 0 aromatic heterocycles. The number of rotatable bonds is 3. The van der Waals surface area contributed by atoms with Gasteiger partial charge in [0.15, 0.2) is 0 Å². The largest absolute Gasteiger partial charge is 0.481 e. The Labute approximate surface area is 162 Å². The molecule has 4 nitrogen and oxygen atoms in total. The van der Waals surface area contributed by atoms with Gasteiger partial charge in [0.25, 0.3) is 0 Å². The van der Waals surface area contributed by atoms with Crippen LogP contribution >= 0.6 is 0 Å². The van der Waals surface area contributed by atoms with Gasteiger partial charge in [-0.3, -0.25) is 9.59 Å². The van der Waals surface area contributed by atoms with E-state index in [-0.39, 0.29) is 6.10 Å². The third-order valence-corrected chi connectivity index (χ3v) is 9.17. The van der Waals surface area contributed by atoms with Crippen LogP contribution in [0.2, 0.25) is 0 Å². The van der Waals surface area contributed by atoms with Gasteiger partial charge in [-0.15, -0.1) is 0 Å². The van der Waals surface area contributed by atoms with Gasteiger partial charge >= 0.3 is 11.9 Å². The molecule has 0 aromatic carbocycles. The summed E-state index contributed by atoms with van der Waals surface area (Å²) >= 11 is 0. The highest BCUT2D eigenvalue weighted by molar-refractivity contribution is 5.90. The molecule has 4 rings (SSSR count). The predicted molar refractivity (Wildman–Crippen MR) is 103 cm³/mol. The highest BCUT2D eigenvalue weighted by Gasteiger charge is 2.58. The Hall–Kier alpha value is -1.32. The Bertz CT molecular complexity index is 655. The fraction of sp³-hybridized carbons (Fsp3) is 0.826. The minimum Gasteiger partial charge on any atom is -0.481 e. The van der Waals surface area contributed by atoms with E-state index in [1.165, 1.54) is 44.1 Å². The van der Waals surface area contributed by atoms with Gasteiger partial charge < -0.3 is 9.84 Å². The molecule has 150 valence electrons. The Balaban J connectivity index is 1.45. The van der Waals surface area contributed by atoms with Crippen molar-refractivity contribution in [1.29, 1.82) is 0 Å². The number of ether oxygens (including phenoxy) is 1. The molecule has 0 bridgehead atoms. The summed E-state index contributed by atoms with van der Waals surface area (Å²) in [4.78, 5) is 22.5. The first-order valence-electron chi connectivity index (χ1n) is 10.8. The first-order valence-corrected chi connectivity index (χ1v) is 10.8. The van der Waals surface area contributed by atoms with Crippen molar-refractivity contribution in [2.24, 2.45) is 34.5 Å². The fourth-order valence-electron chi connectivity index (χ4n) is 7.58. The molecule has 0 spiro atoms. The van der Waals surface area contributed by atoms with Crippen molar-refractivity contribution >= 4 is 11.9 Å². The average Bonchev–Trinajstić information content (AvgIpc) is 2.90. The maximum Gasteiger partial charge on any atom is 0.317 e. The molecule has 4 aliphatic carbocycles. The summed E-state index contributed by atoms with van der Waals surface area (Å²) < 4.78 is 5.50. The van der Waals surface area contributed by atoms with E-state index in [0.717, 1.165) is 37.0 Å². The van der Waals surface area contributed by atoms with E-state index in [4.69, 9.17) is 9.84 Å². The molecular weight excluding hydrogens is 340 g/mol. The summed E-state index contributed by atoms with van der Waals surface area (Å²) in [6.45, 7) is 9.38. The number of carbonyl (C=O) groups is 2. The zero-order valence-corrected chi connectivity index (χ0v) is 16.8. The lowest BCUT2D eigenvalue weighted by molar-refractivity contribution is -0.164. The van der Waals surface area contributed by atoms with Crippen molar-refractivity contribution < 1.29 is 19.4 Å². The molecule has 0 heterocycles. The molecule has 0 radical (unpaired) electrons. The number of allylic oxidation sites excluding steroid dienone is 1. The normalized spacial score (nSPS) is 46.1. The number of hydrogen-bond donors (Lipinski definition) is 1. The van der Waals surface area contributed by atoms with E-state index < -0.39 is 18.4 Å². The van der Waals surface area contributed by atoms with Gasteiger partial charge in [-0.05, 0) is 92.3 Å². The van der Waals surface area contributed by atoms with Crippen molar-refractivity contribution in [2.45, 2.75) is 84.2 Å². The molecule has 1 N–H and O–H groups in total. The lowest BCUT2D eigenvalue weighted by Gasteiger charge is -2.60. The average molecular weight is 375 g/mol. The number of carbonyl (C=O) groups excluding carboxylic acids is 1. The third kappa shape index (κ3) is 3.03. The fourth-order valence-corrected chi connectivity index (χ4v) is 7.58. The molecule has 4 fully saturated rings. The summed E-state index contributed by atoms with van der Waals surface area (Å²) in [5, 5.41) is 8.78. The van der Waals surface area contributed by atoms with Crippen LogP contribution in [0.1, 0.15) is 78.1 Å². The number of aliphatic carboxylic acids is 1. The molecule has 0 amide bonds. The minimum absolute atomic E-state index is 0.0911. The number of carboxylic acid groups (broad SMARTS) is 1. The van der Waals surface area contributed by atoms with Crippen LogP contribution in [0, 0.1) is 34.5 Å². The maximum atomic E-state index is 11.8. The number of hydrogen-bond acceptors (Lipinski definition) is 3. The maximum absolute atomic E-state index is 11.8. The molecule has 27 heavy (non-hydrogen) atoms. The Morgan fingerprint density at radius 3 is 2.63 bits per heavy atom. The molecule has 4 saturated carbocycles. The molecular formula is C23H34O4. The summed E-state index contributed by atoms with van der Waals surface area (Å²) in [6.07, 6.45) is 9.96. The van der Waals surface area contributed by atoms with Crippen LogP contribution < -0.4 is 0 Å². The van der Waals surface area contributed by atoms with E-state index in [9.17, 15) is 9.59 Å². The van der Waals surface area contributed by atoms with Crippen LogP contribution in [0.25, 0.3) is 0 Å². The predicted octanol–water partition coefficient (Wildman–Crippen LogP) is 4.97. The Morgan fingerprint density at radius 1 is 1.11 bits per heavy atom. The van der Waals surface area contributed by atoms with E-state index in [2.05, 4.69) is 20.4 Å². The van der Waals surface area contributed by atoms with Crippen molar-refractivity contribution in [2.75, 3.05) is 0 Å². The van der Waals surface area contributed by atoms with Gasteiger partial charge in [0.2, 0.25) is 0 Å². The van der Waals surface area contributed by atoms with Crippen LogP contribution in [-0.2, 0) is 14.3 Å². The van der Waals surface area contributed by atoms with Crippen LogP contribution in [0.5, 0.6) is 0 Å². The highest BCUT2D eigenvalue weighted by Crippen LogP contribution is 2.67. The zero-order valence-electron chi connectivity index (χ0n) is 16.8. The van der Waals surface area contributed by atoms with Gasteiger partial charge in [-0.1, -0.05) is 26.0 Å². The second-order valence-electron chi connectivity index (χ2n) is 10.2. The van der Waals surface area contributed by atoms with E-state index >= 15 is 0 Å². The Kier molecular flexibility index (Phi) is 4.67. The van der Waals surface area contributed by atoms with Gasteiger partial charge in [0.05, 0.1) is 0 Å². The van der Waals surface area contributed by atoms with Crippen molar-refractivity contribution in [3.63, 3.8) is 0 Å². The summed E-state index contributed by atoms with van der Waals surface area (Å²) in [6, 6.07) is 0. The molecule has 4 heteroatoms. The molecule has 0 saturated heterocycles. The molecule has 0 aliphatic heterocycles. The SMILES string of the molecule is C=C1CC[C@H]2[C@@H]3CC[C@@H]4C[C@H](OC(=O)CC(=O)O)CC[C@]4(C)C3CC[C@]12C. The van der Waals surface area contributed by atoms with Gasteiger partial charge in [-0.25, -0.2) is 0 Å². The number of fused-ring (bicyclic) bond motifs is 5. The molecule has 4 aliphatic rings. The van der Waals surface area contributed by atoms with Gasteiger partial charge in [0, 0.05) is 0 Å². The summed E-state index contributed by atoms with van der Waals surface area (Å²) in [5.74, 6) is 1.34. The summed E-state index contributed by atoms with van der Waals surface area (Å²) in [7, 11) is 0. The molecule has 1 unspecified atom stereocenters. The molecule has 7 atom stereocenters. The first-order chi connectivity index (χ1) is 12.7. The topological polar surface area (TPSA) is 63.6 Å². The van der Waals surface area contributed by atoms with Crippen molar-refractivity contribution in [3.8, 4) is 0 Å². The lowest BCUT2D eigenvalue weighted by atomic mass is 9.45. The summed E-state index contributed by atoms with van der Waals surface area (Å²) in [5.41, 5.74) is 2.21. The third-order valence-electron chi connectivity index (χ3n) is 9.17. The van der Waals surface area contributed by atoms with Crippen LogP contribution in [0.3, 0.4) is 0 Å². The quantitative estimate of drug-likeness (QED) is 0.430. The van der Waals surface area contributed by atoms with Crippen LogP contribution in [0.4, 0.5) is 0 Å².